The van der Waals surface area contributed by atoms with E-state index in [1.807, 2.05) is 19.1 Å². The minimum Gasteiger partial charge on any atom is -0.383 e. The van der Waals surface area contributed by atoms with Gasteiger partial charge in [-0.25, -0.2) is 4.98 Å². The molecule has 0 amide bonds. The highest BCUT2D eigenvalue weighted by Crippen LogP contribution is 2.25. The fraction of sp³-hybridized carbons (Fsp3) is 0.500. The molecule has 0 radical (unpaired) electrons. The second kappa shape index (κ2) is 4.47. The Labute approximate surface area is 84.1 Å². The molecule has 2 unspecified atom stereocenters. The molecule has 0 aliphatic rings. The van der Waals surface area contributed by atoms with E-state index in [1.165, 1.54) is 0 Å². The van der Waals surface area contributed by atoms with Crippen LogP contribution >= 0.6 is 11.6 Å². The maximum absolute atomic E-state index is 5.91. The largest absolute Gasteiger partial charge is 0.383 e. The molecule has 3 heteroatoms. The van der Waals surface area contributed by atoms with Crippen molar-refractivity contribution in [3.8, 4) is 0 Å². The minimum absolute atomic E-state index is 0.176. The average molecular weight is 199 g/mol. The maximum Gasteiger partial charge on any atom is 0.126 e. The summed E-state index contributed by atoms with van der Waals surface area (Å²) in [5.41, 5.74) is 6.84. The Bertz CT molecular complexity index is 273. The molecule has 1 heterocycles. The number of aromatic nitrogens is 1. The van der Waals surface area contributed by atoms with Crippen LogP contribution in [-0.2, 0) is 0 Å². The van der Waals surface area contributed by atoms with Crippen LogP contribution in [0, 0.1) is 0 Å². The molecule has 1 aromatic rings. The Balaban J connectivity index is 2.76. The highest BCUT2D eigenvalue weighted by atomic mass is 35.5. The van der Waals surface area contributed by atoms with Gasteiger partial charge in [0.25, 0.3) is 0 Å². The Morgan fingerprint density at radius 1 is 1.54 bits per heavy atom. The monoisotopic (exact) mass is 198 g/mol. The van der Waals surface area contributed by atoms with E-state index < -0.39 is 0 Å². The van der Waals surface area contributed by atoms with Gasteiger partial charge in [-0.05, 0) is 30.9 Å². The number of alkyl halides is 1. The molecule has 0 saturated carbocycles. The predicted octanol–water partition coefficient (Wildman–Crippen LogP) is 2.78. The first kappa shape index (κ1) is 10.3. The van der Waals surface area contributed by atoms with Crippen LogP contribution in [0.25, 0.3) is 0 Å². The van der Waals surface area contributed by atoms with Gasteiger partial charge in [0.1, 0.15) is 5.82 Å². The van der Waals surface area contributed by atoms with Gasteiger partial charge in [-0.1, -0.05) is 13.0 Å². The summed E-state index contributed by atoms with van der Waals surface area (Å²) in [6, 6.07) is 3.91. The zero-order valence-electron chi connectivity index (χ0n) is 8.00. The Morgan fingerprint density at radius 2 is 2.23 bits per heavy atom. The number of pyridine rings is 1. The lowest BCUT2D eigenvalue weighted by molar-refractivity contribution is 0.670. The van der Waals surface area contributed by atoms with Gasteiger partial charge in [-0.2, -0.15) is 0 Å². The first-order chi connectivity index (χ1) is 6.11. The zero-order chi connectivity index (χ0) is 9.84. The van der Waals surface area contributed by atoms with Gasteiger partial charge in [0, 0.05) is 11.6 Å². The fourth-order valence-electron chi connectivity index (χ4n) is 1.46. The highest BCUT2D eigenvalue weighted by Gasteiger charge is 2.11. The summed E-state index contributed by atoms with van der Waals surface area (Å²) in [7, 11) is 0. The number of nitrogens with two attached hydrogens (primary N) is 1. The fourth-order valence-corrected chi connectivity index (χ4v) is 1.73. The summed E-state index contributed by atoms with van der Waals surface area (Å²) in [5.74, 6) is 0.994. The molecule has 0 saturated heterocycles. The lowest BCUT2D eigenvalue weighted by Gasteiger charge is -2.14. The van der Waals surface area contributed by atoms with Crippen molar-refractivity contribution < 1.29 is 0 Å². The molecule has 0 aliphatic carbocycles. The van der Waals surface area contributed by atoms with Gasteiger partial charge in [0.05, 0.1) is 0 Å². The topological polar surface area (TPSA) is 38.9 Å². The summed E-state index contributed by atoms with van der Waals surface area (Å²) in [6.07, 6.45) is 2.63. The van der Waals surface area contributed by atoms with Crippen LogP contribution in [0.5, 0.6) is 0 Å². The molecule has 2 atom stereocenters. The van der Waals surface area contributed by atoms with Gasteiger partial charge in [-0.3, -0.25) is 0 Å². The van der Waals surface area contributed by atoms with E-state index >= 15 is 0 Å². The van der Waals surface area contributed by atoms with Crippen LogP contribution in [0.2, 0.25) is 0 Å². The first-order valence-electron chi connectivity index (χ1n) is 4.45. The van der Waals surface area contributed by atoms with Crippen molar-refractivity contribution >= 4 is 17.4 Å². The molecule has 1 rings (SSSR count). The summed E-state index contributed by atoms with van der Waals surface area (Å²) in [4.78, 5) is 4.04. The van der Waals surface area contributed by atoms with Crippen LogP contribution in [0.15, 0.2) is 18.3 Å². The lowest BCUT2D eigenvalue weighted by atomic mass is 9.97. The molecule has 2 N–H and O–H groups in total. The van der Waals surface area contributed by atoms with Gasteiger partial charge < -0.3 is 5.73 Å². The van der Waals surface area contributed by atoms with E-state index in [4.69, 9.17) is 17.3 Å². The normalized spacial score (nSPS) is 15.3. The smallest absolute Gasteiger partial charge is 0.126 e. The van der Waals surface area contributed by atoms with E-state index in [-0.39, 0.29) is 5.38 Å². The van der Waals surface area contributed by atoms with E-state index in [2.05, 4.69) is 11.9 Å². The van der Waals surface area contributed by atoms with E-state index in [0.717, 1.165) is 12.0 Å². The van der Waals surface area contributed by atoms with Crippen LogP contribution in [0.1, 0.15) is 31.7 Å². The Hall–Kier alpha value is -0.760. The third-order valence-corrected chi connectivity index (χ3v) is 2.26. The number of halogens is 1. The van der Waals surface area contributed by atoms with Crippen molar-refractivity contribution in [2.45, 2.75) is 31.6 Å². The third-order valence-electron chi connectivity index (χ3n) is 2.08. The molecule has 13 heavy (non-hydrogen) atoms. The van der Waals surface area contributed by atoms with Crippen molar-refractivity contribution in [3.63, 3.8) is 0 Å². The molecule has 0 spiro atoms. The van der Waals surface area contributed by atoms with Crippen molar-refractivity contribution in [3.05, 3.63) is 23.9 Å². The highest BCUT2D eigenvalue weighted by molar-refractivity contribution is 6.20. The molecule has 0 aromatic carbocycles. The van der Waals surface area contributed by atoms with E-state index in [1.54, 1.807) is 6.20 Å². The van der Waals surface area contributed by atoms with E-state index in [0.29, 0.717) is 11.7 Å². The van der Waals surface area contributed by atoms with Crippen LogP contribution in [0.3, 0.4) is 0 Å². The summed E-state index contributed by atoms with van der Waals surface area (Å²) in [5, 5.41) is 0.176. The maximum atomic E-state index is 5.91. The number of hydrogen-bond acceptors (Lipinski definition) is 2. The van der Waals surface area contributed by atoms with Gasteiger partial charge in [-0.15, -0.1) is 11.6 Å². The second-order valence-corrected chi connectivity index (χ2v) is 4.14. The SMILES string of the molecule is CC(Cl)CC(C)c1cccnc1N. The van der Waals surface area contributed by atoms with Crippen molar-refractivity contribution in [2.75, 3.05) is 5.73 Å². The minimum atomic E-state index is 0.176. The number of rotatable bonds is 3. The van der Waals surface area contributed by atoms with Gasteiger partial charge in [0.15, 0.2) is 0 Å². The van der Waals surface area contributed by atoms with Crippen LogP contribution in [-0.4, -0.2) is 10.4 Å². The number of hydrogen-bond donors (Lipinski definition) is 1. The number of nitrogens with zero attached hydrogens (tertiary/aromatic N) is 1. The Morgan fingerprint density at radius 3 is 2.77 bits per heavy atom. The summed E-state index contributed by atoms with van der Waals surface area (Å²) >= 11 is 5.91. The zero-order valence-corrected chi connectivity index (χ0v) is 8.75. The number of anilines is 1. The van der Waals surface area contributed by atoms with Gasteiger partial charge >= 0.3 is 0 Å². The standard InChI is InChI=1S/C10H15ClN2/c1-7(6-8(2)11)9-4-3-5-13-10(9)12/h3-5,7-8H,6H2,1-2H3,(H2,12,13). The van der Waals surface area contributed by atoms with Crippen LogP contribution < -0.4 is 5.73 Å². The molecule has 0 aliphatic heterocycles. The lowest BCUT2D eigenvalue weighted by Crippen LogP contribution is -2.05. The first-order valence-corrected chi connectivity index (χ1v) is 4.89. The molecule has 0 bridgehead atoms. The van der Waals surface area contributed by atoms with Crippen molar-refractivity contribution in [1.29, 1.82) is 0 Å². The van der Waals surface area contributed by atoms with Crippen LogP contribution in [0.4, 0.5) is 5.82 Å². The van der Waals surface area contributed by atoms with Gasteiger partial charge in [0.2, 0.25) is 0 Å². The molecular formula is C10H15ClN2. The quantitative estimate of drug-likeness (QED) is 0.759. The molecule has 0 fully saturated rings. The summed E-state index contributed by atoms with van der Waals surface area (Å²) in [6.45, 7) is 4.11. The van der Waals surface area contributed by atoms with E-state index in [9.17, 15) is 0 Å². The average Bonchev–Trinajstić information content (AvgIpc) is 2.03. The molecule has 72 valence electrons. The molecule has 1 aromatic heterocycles. The number of nitrogen functional groups attached to an aromatic ring is 1. The third kappa shape index (κ3) is 2.88. The summed E-state index contributed by atoms with van der Waals surface area (Å²) < 4.78 is 0. The van der Waals surface area contributed by atoms with Crippen molar-refractivity contribution in [2.24, 2.45) is 0 Å². The molecule has 2 nitrogen and oxygen atoms in total. The van der Waals surface area contributed by atoms with Crippen molar-refractivity contribution in [1.82, 2.24) is 4.98 Å². The Kier molecular flexibility index (Phi) is 3.55. The molecular weight excluding hydrogens is 184 g/mol. The predicted molar refractivity (Wildman–Crippen MR) is 57.0 cm³/mol. The second-order valence-electron chi connectivity index (χ2n) is 3.40.